The topological polar surface area (TPSA) is 130 Å². The summed E-state index contributed by atoms with van der Waals surface area (Å²) in [6.45, 7) is 6.87. The van der Waals surface area contributed by atoms with Gasteiger partial charge in [-0.2, -0.15) is 0 Å². The Hall–Kier alpha value is -3.70. The Labute approximate surface area is 274 Å². The number of piperidine rings is 1. The van der Waals surface area contributed by atoms with Crippen molar-refractivity contribution < 1.29 is 9.50 Å². The number of benzene rings is 2. The molecule has 46 heavy (non-hydrogen) atoms. The van der Waals surface area contributed by atoms with E-state index in [0.29, 0.717) is 22.8 Å². The zero-order valence-corrected chi connectivity index (χ0v) is 27.5. The molecule has 6 rings (SSSR count). The summed E-state index contributed by atoms with van der Waals surface area (Å²) in [4.78, 5) is 17.2. The molecule has 2 aromatic heterocycles. The predicted molar refractivity (Wildman–Crippen MR) is 183 cm³/mol. The Kier molecular flexibility index (Phi) is 9.79. The van der Waals surface area contributed by atoms with Gasteiger partial charge in [-0.15, -0.1) is 0 Å². The number of anilines is 2. The van der Waals surface area contributed by atoms with Gasteiger partial charge in [0.15, 0.2) is 5.82 Å². The molecule has 2 aliphatic heterocycles. The van der Waals surface area contributed by atoms with Crippen LogP contribution in [0.4, 0.5) is 16.0 Å². The molecule has 1 fully saturated rings. The van der Waals surface area contributed by atoms with Crippen LogP contribution >= 0.6 is 11.6 Å². The molecule has 2 aromatic carbocycles. The van der Waals surface area contributed by atoms with Gasteiger partial charge in [0.2, 0.25) is 12.3 Å². The first-order chi connectivity index (χ1) is 22.1. The minimum atomic E-state index is -1.12. The van der Waals surface area contributed by atoms with Crippen molar-refractivity contribution in [2.75, 3.05) is 16.8 Å². The highest BCUT2D eigenvalue weighted by Crippen LogP contribution is 2.30. The van der Waals surface area contributed by atoms with Crippen molar-refractivity contribution in [1.82, 2.24) is 20.3 Å². The molecular formula is C35H44ClFN8O. The number of hydrogen-bond acceptors (Lipinski definition) is 7. The number of nitrogens with one attached hydrogen (secondary N) is 4. The first-order valence-corrected chi connectivity index (χ1v) is 16.6. The highest BCUT2D eigenvalue weighted by molar-refractivity contribution is 6.31. The van der Waals surface area contributed by atoms with Crippen LogP contribution in [0.3, 0.4) is 0 Å². The number of rotatable bonds is 11. The summed E-state index contributed by atoms with van der Waals surface area (Å²) in [6, 6.07) is 14.4. The first-order valence-electron chi connectivity index (χ1n) is 16.3. The van der Waals surface area contributed by atoms with E-state index in [1.807, 2.05) is 51.2 Å². The minimum Gasteiger partial charge on any atom is -0.356 e. The standard InChI is InChI=1S/C35H44ClFN8O/c1-20(38)6-4-7-23-16-28(32(37)29(36)17-23)31-18-25-19-45(35(46)44-33(25)43-31)27-12-10-24(11-13-27)30-9-5-8-26(42-30)14-15-39-34-40-21(2)22(3)41-34/h10-13,16-20,26,30,35,42,46H,4-9,14-15,38H2,1-3H3,(H,43,44)(H2,39,40,41)/t20-,26+,30+,35?/m0/s1. The number of aryl methyl sites for hydroxylation is 3. The number of nitrogens with zero attached hydrogens (tertiary/aromatic N) is 3. The van der Waals surface area contributed by atoms with Crippen molar-refractivity contribution in [3.05, 3.63) is 86.5 Å². The second kappa shape index (κ2) is 14.0. The van der Waals surface area contributed by atoms with Gasteiger partial charge in [-0.3, -0.25) is 0 Å². The van der Waals surface area contributed by atoms with Crippen LogP contribution in [0, 0.1) is 19.7 Å². The zero-order valence-electron chi connectivity index (χ0n) is 26.7. The summed E-state index contributed by atoms with van der Waals surface area (Å²) >= 11 is 6.29. The average molecular weight is 647 g/mol. The molecule has 2 aliphatic rings. The number of imidazole rings is 1. The Bertz CT molecular complexity index is 1760. The summed E-state index contributed by atoms with van der Waals surface area (Å²) in [5.74, 6) is 0.348. The molecule has 0 radical (unpaired) electrons. The van der Waals surface area contributed by atoms with Gasteiger partial charge in [0.1, 0.15) is 5.49 Å². The number of fused-ring (bicyclic) bond motifs is 1. The molecule has 9 nitrogen and oxygen atoms in total. The summed E-state index contributed by atoms with van der Waals surface area (Å²) in [7, 11) is 0. The molecule has 1 saturated heterocycles. The van der Waals surface area contributed by atoms with Crippen LogP contribution in [0.1, 0.15) is 74.0 Å². The maximum atomic E-state index is 15.2. The molecule has 11 heteroatoms. The van der Waals surface area contributed by atoms with Gasteiger partial charge in [-0.05, 0) is 101 Å². The number of aliphatic hydroxyl groups excluding tert-OH is 1. The van der Waals surface area contributed by atoms with Gasteiger partial charge in [0.25, 0.3) is 0 Å². The number of hydrogen-bond donors (Lipinski definition) is 6. The molecule has 7 N–H and O–H groups in total. The van der Waals surface area contributed by atoms with E-state index in [-0.39, 0.29) is 17.1 Å². The lowest BCUT2D eigenvalue weighted by molar-refractivity contribution is 0.186. The van der Waals surface area contributed by atoms with Gasteiger partial charge < -0.3 is 36.3 Å². The second-order valence-electron chi connectivity index (χ2n) is 12.8. The summed E-state index contributed by atoms with van der Waals surface area (Å²) in [5, 5.41) is 19.0. The first kappa shape index (κ1) is 32.2. The molecule has 0 saturated carbocycles. The monoisotopic (exact) mass is 646 g/mol. The number of H-pyrrole nitrogens is 2. The third kappa shape index (κ3) is 7.31. The fraction of sp³-hybridized carbons (Fsp3) is 0.429. The van der Waals surface area contributed by atoms with Gasteiger partial charge in [0, 0.05) is 53.0 Å². The normalized spacial score (nSPS) is 20.2. The third-order valence-corrected chi connectivity index (χ3v) is 9.37. The van der Waals surface area contributed by atoms with E-state index in [1.165, 1.54) is 12.0 Å². The van der Waals surface area contributed by atoms with E-state index >= 15 is 4.39 Å². The Balaban J connectivity index is 1.13. The van der Waals surface area contributed by atoms with E-state index in [1.54, 1.807) is 11.0 Å². The molecule has 0 amide bonds. The van der Waals surface area contributed by atoms with Crippen molar-refractivity contribution >= 4 is 29.4 Å². The molecule has 0 spiro atoms. The lowest BCUT2D eigenvalue weighted by atomic mass is 9.92. The summed E-state index contributed by atoms with van der Waals surface area (Å²) < 4.78 is 15.2. The van der Waals surface area contributed by atoms with Gasteiger partial charge in [-0.25, -0.2) is 14.4 Å². The van der Waals surface area contributed by atoms with Gasteiger partial charge in [0.05, 0.1) is 16.4 Å². The van der Waals surface area contributed by atoms with E-state index in [0.717, 1.165) is 78.9 Å². The van der Waals surface area contributed by atoms with Crippen LogP contribution < -0.4 is 32.0 Å². The predicted octanol–water partition coefficient (Wildman–Crippen LogP) is 5.32. The molecule has 0 bridgehead atoms. The number of aromatic nitrogens is 3. The third-order valence-electron chi connectivity index (χ3n) is 9.09. The summed E-state index contributed by atoms with van der Waals surface area (Å²) in [5.41, 5.74) is 12.4. The summed E-state index contributed by atoms with van der Waals surface area (Å²) in [6.07, 6.45) is 7.67. The molecule has 0 aliphatic carbocycles. The van der Waals surface area contributed by atoms with Crippen molar-refractivity contribution in [2.45, 2.75) is 90.2 Å². The molecule has 4 atom stereocenters. The highest BCUT2D eigenvalue weighted by atomic mass is 35.5. The quantitative estimate of drug-likeness (QED) is 0.131. The molecule has 1 unspecified atom stereocenters. The fourth-order valence-electron chi connectivity index (χ4n) is 6.41. The van der Waals surface area contributed by atoms with Gasteiger partial charge >= 0.3 is 0 Å². The zero-order chi connectivity index (χ0) is 32.4. The van der Waals surface area contributed by atoms with Crippen molar-refractivity contribution in [3.63, 3.8) is 0 Å². The number of nitrogens with two attached hydrogens (primary N) is 1. The SMILES string of the molecule is Cc1nc(NCC[C@H]2CCC[C@H](c3ccc(N4C=c5cc(-c6cc(CCC[C@H](C)N)cc(Cl)c6F)[nH]c5=NC4O)cc3)N2)[nH]c1C. The fourth-order valence-corrected chi connectivity index (χ4v) is 6.65. The van der Waals surface area contributed by atoms with Crippen LogP contribution in [-0.2, 0) is 6.42 Å². The smallest absolute Gasteiger partial charge is 0.231 e. The van der Waals surface area contributed by atoms with E-state index in [9.17, 15) is 5.11 Å². The molecular weight excluding hydrogens is 603 g/mol. The lowest BCUT2D eigenvalue weighted by Gasteiger charge is -2.32. The van der Waals surface area contributed by atoms with Crippen molar-refractivity contribution in [2.24, 2.45) is 10.7 Å². The van der Waals surface area contributed by atoms with Gasteiger partial charge in [-0.1, -0.05) is 30.2 Å². The van der Waals surface area contributed by atoms with Crippen molar-refractivity contribution in [1.29, 1.82) is 0 Å². The number of aliphatic hydroxyl groups is 1. The molecule has 244 valence electrons. The van der Waals surface area contributed by atoms with Crippen molar-refractivity contribution in [3.8, 4) is 11.3 Å². The number of halogens is 2. The van der Waals surface area contributed by atoms with E-state index in [4.69, 9.17) is 17.3 Å². The maximum Gasteiger partial charge on any atom is 0.231 e. The molecule has 4 heterocycles. The Morgan fingerprint density at radius 1 is 1.15 bits per heavy atom. The largest absolute Gasteiger partial charge is 0.356 e. The minimum absolute atomic E-state index is 0.0815. The van der Waals surface area contributed by atoms with Crippen LogP contribution in [0.25, 0.3) is 17.5 Å². The van der Waals surface area contributed by atoms with Crippen LogP contribution in [0.5, 0.6) is 0 Å². The van der Waals surface area contributed by atoms with Crippen LogP contribution in [0.2, 0.25) is 5.02 Å². The Morgan fingerprint density at radius 2 is 1.96 bits per heavy atom. The van der Waals surface area contributed by atoms with Crippen LogP contribution in [0.15, 0.2) is 47.5 Å². The lowest BCUT2D eigenvalue weighted by Crippen LogP contribution is -2.41. The maximum absolute atomic E-state index is 15.2. The molecule has 4 aromatic rings. The second-order valence-corrected chi connectivity index (χ2v) is 13.2. The average Bonchev–Trinajstić information content (AvgIpc) is 3.59. The Morgan fingerprint density at radius 3 is 2.70 bits per heavy atom. The number of aromatic amines is 2. The highest BCUT2D eigenvalue weighted by Gasteiger charge is 2.24. The van der Waals surface area contributed by atoms with E-state index in [2.05, 4.69) is 42.7 Å². The van der Waals surface area contributed by atoms with E-state index < -0.39 is 12.2 Å². The van der Waals surface area contributed by atoms with Crippen LogP contribution in [-0.4, -0.2) is 45.0 Å².